The van der Waals surface area contributed by atoms with E-state index in [0.717, 1.165) is 20.4 Å². The van der Waals surface area contributed by atoms with Crippen molar-refractivity contribution >= 4 is 32.7 Å². The van der Waals surface area contributed by atoms with E-state index in [4.69, 9.17) is 4.84 Å². The number of benzene rings is 1. The van der Waals surface area contributed by atoms with E-state index < -0.39 is 0 Å². The van der Waals surface area contributed by atoms with E-state index in [1.54, 1.807) is 7.05 Å². The molecule has 1 aromatic heterocycles. The summed E-state index contributed by atoms with van der Waals surface area (Å²) in [7, 11) is 2.98. The number of nitrogens with zero attached hydrogens (tertiary/aromatic N) is 2. The zero-order valence-electron chi connectivity index (χ0n) is 8.82. The summed E-state index contributed by atoms with van der Waals surface area (Å²) < 4.78 is 0.899. The van der Waals surface area contributed by atoms with Crippen LogP contribution in [0.1, 0.15) is 10.5 Å². The number of H-pyrrole nitrogens is 1. The molecule has 2 aromatic rings. The van der Waals surface area contributed by atoms with Crippen LogP contribution in [-0.2, 0) is 4.84 Å². The van der Waals surface area contributed by atoms with Gasteiger partial charge < -0.3 is 0 Å². The van der Waals surface area contributed by atoms with E-state index in [9.17, 15) is 4.79 Å². The molecule has 0 bridgehead atoms. The van der Waals surface area contributed by atoms with Crippen LogP contribution in [0.5, 0.6) is 0 Å². The van der Waals surface area contributed by atoms with Gasteiger partial charge in [0.2, 0.25) is 0 Å². The lowest BCUT2D eigenvalue weighted by Gasteiger charge is -2.11. The minimum atomic E-state index is -0.285. The standard InChI is InChI=1S/C10H10BrN3O2/c1-14(16-2)10(15)9-7-5-6(11)3-4-8(7)12-13-9/h3-5H,1-2H3,(H,12,13). The Morgan fingerprint density at radius 2 is 2.31 bits per heavy atom. The van der Waals surface area contributed by atoms with E-state index in [1.165, 1.54) is 7.11 Å². The van der Waals surface area contributed by atoms with Gasteiger partial charge in [-0.15, -0.1) is 0 Å². The van der Waals surface area contributed by atoms with Crippen molar-refractivity contribution in [1.82, 2.24) is 15.3 Å². The van der Waals surface area contributed by atoms with E-state index in [2.05, 4.69) is 26.1 Å². The zero-order valence-corrected chi connectivity index (χ0v) is 10.4. The fourth-order valence-corrected chi connectivity index (χ4v) is 1.74. The second-order valence-electron chi connectivity index (χ2n) is 3.25. The van der Waals surface area contributed by atoms with E-state index >= 15 is 0 Å². The van der Waals surface area contributed by atoms with Gasteiger partial charge in [-0.2, -0.15) is 5.10 Å². The fourth-order valence-electron chi connectivity index (χ4n) is 1.38. The summed E-state index contributed by atoms with van der Waals surface area (Å²) in [5.74, 6) is -0.285. The van der Waals surface area contributed by atoms with Crippen molar-refractivity contribution in [1.29, 1.82) is 0 Å². The summed E-state index contributed by atoms with van der Waals surface area (Å²) >= 11 is 3.36. The number of carbonyl (C=O) groups is 1. The van der Waals surface area contributed by atoms with Crippen LogP contribution >= 0.6 is 15.9 Å². The molecule has 1 amide bonds. The Balaban J connectivity index is 2.53. The number of aromatic amines is 1. The second kappa shape index (κ2) is 4.23. The van der Waals surface area contributed by atoms with E-state index in [1.807, 2.05) is 18.2 Å². The Morgan fingerprint density at radius 1 is 1.56 bits per heavy atom. The van der Waals surface area contributed by atoms with Gasteiger partial charge in [0, 0.05) is 16.9 Å². The maximum Gasteiger partial charge on any atom is 0.298 e. The maximum absolute atomic E-state index is 11.9. The molecule has 0 aliphatic carbocycles. The number of rotatable bonds is 2. The van der Waals surface area contributed by atoms with Crippen molar-refractivity contribution in [3.05, 3.63) is 28.4 Å². The molecule has 84 valence electrons. The molecule has 5 nitrogen and oxygen atoms in total. The van der Waals surface area contributed by atoms with Crippen LogP contribution in [0.25, 0.3) is 10.9 Å². The number of halogens is 1. The van der Waals surface area contributed by atoms with Crippen LogP contribution < -0.4 is 0 Å². The SMILES string of the molecule is CON(C)C(=O)c1n[nH]c2ccc(Br)cc12. The predicted molar refractivity (Wildman–Crippen MR) is 62.9 cm³/mol. The van der Waals surface area contributed by atoms with Crippen molar-refractivity contribution in [2.45, 2.75) is 0 Å². The van der Waals surface area contributed by atoms with Crippen molar-refractivity contribution in [2.24, 2.45) is 0 Å². The molecule has 0 unspecified atom stereocenters. The van der Waals surface area contributed by atoms with Gasteiger partial charge in [-0.1, -0.05) is 15.9 Å². The summed E-state index contributed by atoms with van der Waals surface area (Å²) in [4.78, 5) is 16.7. The van der Waals surface area contributed by atoms with Crippen molar-refractivity contribution in [2.75, 3.05) is 14.2 Å². The highest BCUT2D eigenvalue weighted by molar-refractivity contribution is 9.10. The zero-order chi connectivity index (χ0) is 11.7. The first-order valence-electron chi connectivity index (χ1n) is 4.59. The number of aromatic nitrogens is 2. The highest BCUT2D eigenvalue weighted by Gasteiger charge is 2.18. The number of nitrogens with one attached hydrogen (secondary N) is 1. The Morgan fingerprint density at radius 3 is 3.00 bits per heavy atom. The number of hydrogen-bond donors (Lipinski definition) is 1. The molecule has 0 aliphatic rings. The van der Waals surface area contributed by atoms with Gasteiger partial charge in [0.05, 0.1) is 12.6 Å². The van der Waals surface area contributed by atoms with Crippen LogP contribution in [-0.4, -0.2) is 35.3 Å². The summed E-state index contributed by atoms with van der Waals surface area (Å²) in [5.41, 5.74) is 1.16. The molecular formula is C10H10BrN3O2. The molecule has 6 heteroatoms. The van der Waals surface area contributed by atoms with Gasteiger partial charge in [-0.3, -0.25) is 14.7 Å². The molecule has 1 N–H and O–H groups in total. The van der Waals surface area contributed by atoms with Crippen molar-refractivity contribution < 1.29 is 9.63 Å². The van der Waals surface area contributed by atoms with Crippen molar-refractivity contribution in [3.8, 4) is 0 Å². The number of fused-ring (bicyclic) bond motifs is 1. The third-order valence-electron chi connectivity index (χ3n) is 2.29. The first-order valence-corrected chi connectivity index (χ1v) is 5.38. The molecule has 1 heterocycles. The van der Waals surface area contributed by atoms with Gasteiger partial charge in [0.25, 0.3) is 5.91 Å². The minimum Gasteiger partial charge on any atom is -0.277 e. The lowest BCUT2D eigenvalue weighted by molar-refractivity contribution is -0.0759. The largest absolute Gasteiger partial charge is 0.298 e. The summed E-state index contributed by atoms with van der Waals surface area (Å²) in [5, 5.41) is 8.69. The third-order valence-corrected chi connectivity index (χ3v) is 2.78. The molecule has 0 fully saturated rings. The van der Waals surface area contributed by atoms with Gasteiger partial charge in [-0.25, -0.2) is 5.06 Å². The second-order valence-corrected chi connectivity index (χ2v) is 4.16. The van der Waals surface area contributed by atoms with Crippen LogP contribution in [0, 0.1) is 0 Å². The monoisotopic (exact) mass is 283 g/mol. The third kappa shape index (κ3) is 1.81. The van der Waals surface area contributed by atoms with Crippen molar-refractivity contribution in [3.63, 3.8) is 0 Å². The molecule has 0 saturated heterocycles. The minimum absolute atomic E-state index is 0.285. The number of carbonyl (C=O) groups excluding carboxylic acids is 1. The molecule has 2 rings (SSSR count). The summed E-state index contributed by atoms with van der Waals surface area (Å²) in [6, 6.07) is 5.58. The molecule has 1 aromatic carbocycles. The summed E-state index contributed by atoms with van der Waals surface area (Å²) in [6.45, 7) is 0. The molecule has 0 radical (unpaired) electrons. The fraction of sp³-hybridized carbons (Fsp3) is 0.200. The Labute approximate surface area is 100 Å². The Hall–Kier alpha value is -1.40. The lowest BCUT2D eigenvalue weighted by atomic mass is 10.2. The highest BCUT2D eigenvalue weighted by Crippen LogP contribution is 2.21. The summed E-state index contributed by atoms with van der Waals surface area (Å²) in [6.07, 6.45) is 0. The highest BCUT2D eigenvalue weighted by atomic mass is 79.9. The van der Waals surface area contributed by atoms with Crippen LogP contribution in [0.4, 0.5) is 0 Å². The number of amides is 1. The number of hydrogen-bond acceptors (Lipinski definition) is 3. The van der Waals surface area contributed by atoms with Crippen LogP contribution in [0.2, 0.25) is 0 Å². The Kier molecular flexibility index (Phi) is 2.93. The topological polar surface area (TPSA) is 58.2 Å². The van der Waals surface area contributed by atoms with Crippen LogP contribution in [0.3, 0.4) is 0 Å². The Bertz CT molecular complexity index is 538. The normalized spacial score (nSPS) is 10.7. The first kappa shape index (κ1) is 11.1. The molecule has 0 saturated carbocycles. The number of hydroxylamine groups is 2. The molecular weight excluding hydrogens is 274 g/mol. The molecule has 0 spiro atoms. The lowest BCUT2D eigenvalue weighted by Crippen LogP contribution is -2.25. The quantitative estimate of drug-likeness (QED) is 0.858. The molecule has 16 heavy (non-hydrogen) atoms. The maximum atomic E-state index is 11.9. The first-order chi connectivity index (χ1) is 7.63. The van der Waals surface area contributed by atoms with Gasteiger partial charge in [0.15, 0.2) is 5.69 Å². The van der Waals surface area contributed by atoms with Gasteiger partial charge in [-0.05, 0) is 18.2 Å². The van der Waals surface area contributed by atoms with Gasteiger partial charge >= 0.3 is 0 Å². The average Bonchev–Trinajstić information content (AvgIpc) is 2.69. The average molecular weight is 284 g/mol. The van der Waals surface area contributed by atoms with Crippen LogP contribution in [0.15, 0.2) is 22.7 Å². The predicted octanol–water partition coefficient (Wildman–Crippen LogP) is 1.96. The molecule has 0 aliphatic heterocycles. The smallest absolute Gasteiger partial charge is 0.277 e. The molecule has 0 atom stereocenters. The van der Waals surface area contributed by atoms with E-state index in [-0.39, 0.29) is 5.91 Å². The van der Waals surface area contributed by atoms with Gasteiger partial charge in [0.1, 0.15) is 0 Å². The van der Waals surface area contributed by atoms with E-state index in [0.29, 0.717) is 5.69 Å².